The van der Waals surface area contributed by atoms with Crippen molar-refractivity contribution in [3.8, 4) is 0 Å². The summed E-state index contributed by atoms with van der Waals surface area (Å²) < 4.78 is 9.32. The van der Waals surface area contributed by atoms with Crippen molar-refractivity contribution in [2.75, 3.05) is 19.8 Å². The lowest BCUT2D eigenvalue weighted by molar-refractivity contribution is -0.138. The van der Waals surface area contributed by atoms with Crippen LogP contribution in [-0.4, -0.2) is 76.7 Å². The zero-order chi connectivity index (χ0) is 17.3. The van der Waals surface area contributed by atoms with Crippen LogP contribution in [0.1, 0.15) is 13.8 Å². The molecule has 0 aromatic heterocycles. The van der Waals surface area contributed by atoms with Crippen LogP contribution in [0.3, 0.4) is 0 Å². The van der Waals surface area contributed by atoms with Gasteiger partial charge in [-0.15, -0.1) is 0 Å². The van der Waals surface area contributed by atoms with Crippen LogP contribution in [-0.2, 0) is 14.3 Å². The summed E-state index contributed by atoms with van der Waals surface area (Å²) in [4.78, 5) is 22.3. The molecular weight excluding hydrogens is 298 g/mol. The van der Waals surface area contributed by atoms with E-state index >= 15 is 0 Å². The molecule has 0 aromatic rings. The van der Waals surface area contributed by atoms with Gasteiger partial charge in [-0.1, -0.05) is 6.58 Å². The third kappa shape index (κ3) is 7.93. The van der Waals surface area contributed by atoms with Gasteiger partial charge in [-0.25, -0.2) is 9.59 Å². The van der Waals surface area contributed by atoms with Gasteiger partial charge in [-0.05, 0) is 13.8 Å². The van der Waals surface area contributed by atoms with Crippen LogP contribution in [0, 0.1) is 0 Å². The molecule has 0 radical (unpaired) electrons. The van der Waals surface area contributed by atoms with E-state index in [1.54, 1.807) is 0 Å². The predicted octanol–water partition coefficient (Wildman–Crippen LogP) is -1.70. The Morgan fingerprint density at radius 2 is 1.73 bits per heavy atom. The molecule has 0 aliphatic carbocycles. The van der Waals surface area contributed by atoms with E-state index in [0.717, 1.165) is 0 Å². The van der Waals surface area contributed by atoms with Crippen molar-refractivity contribution in [1.82, 2.24) is 5.32 Å². The Labute approximate surface area is 128 Å². The Balaban J connectivity index is 3.89. The van der Waals surface area contributed by atoms with E-state index in [1.807, 2.05) is 0 Å². The molecule has 1 amide bonds. The van der Waals surface area contributed by atoms with Crippen LogP contribution < -0.4 is 5.32 Å². The number of esters is 1. The first-order chi connectivity index (χ1) is 10.2. The predicted molar refractivity (Wildman–Crippen MR) is 74.8 cm³/mol. The highest BCUT2D eigenvalue weighted by molar-refractivity contribution is 5.86. The minimum atomic E-state index is -1.66. The molecule has 0 heterocycles. The second kappa shape index (κ2) is 10.1. The summed E-state index contributed by atoms with van der Waals surface area (Å²) >= 11 is 0. The molecule has 0 aliphatic heterocycles. The Morgan fingerprint density at radius 3 is 2.23 bits per heavy atom. The first-order valence-electron chi connectivity index (χ1n) is 6.62. The molecule has 0 aromatic carbocycles. The number of hydrogen-bond acceptors (Lipinski definition) is 8. The molecule has 128 valence electrons. The van der Waals surface area contributed by atoms with Gasteiger partial charge in [0.15, 0.2) is 0 Å². The van der Waals surface area contributed by atoms with Crippen LogP contribution in [0.4, 0.5) is 4.79 Å². The normalized spacial score (nSPS) is 16.1. The van der Waals surface area contributed by atoms with E-state index in [0.29, 0.717) is 0 Å². The first kappa shape index (κ1) is 20.3. The highest BCUT2D eigenvalue weighted by atomic mass is 16.6. The SMILES string of the molecule is C=C(C)C(=O)OCCNC(=O)OCC(O)C(O)C(O)C(C)O. The number of aliphatic hydroxyl groups excluding tert-OH is 4. The number of ether oxygens (including phenoxy) is 2. The molecule has 0 rings (SSSR count). The maximum Gasteiger partial charge on any atom is 0.407 e. The van der Waals surface area contributed by atoms with Crippen molar-refractivity contribution < 1.29 is 39.5 Å². The molecule has 0 saturated heterocycles. The molecule has 9 nitrogen and oxygen atoms in total. The number of hydrogen-bond donors (Lipinski definition) is 5. The number of aliphatic hydroxyl groups is 4. The number of rotatable bonds is 9. The summed E-state index contributed by atoms with van der Waals surface area (Å²) in [6, 6.07) is 0. The first-order valence-corrected chi connectivity index (χ1v) is 6.62. The van der Waals surface area contributed by atoms with E-state index in [4.69, 9.17) is 9.84 Å². The van der Waals surface area contributed by atoms with Gasteiger partial charge in [0.05, 0.1) is 12.6 Å². The summed E-state index contributed by atoms with van der Waals surface area (Å²) in [5, 5.41) is 39.6. The van der Waals surface area contributed by atoms with Crippen molar-refractivity contribution in [3.63, 3.8) is 0 Å². The Bertz CT molecular complexity index is 384. The van der Waals surface area contributed by atoms with Gasteiger partial charge >= 0.3 is 12.1 Å². The summed E-state index contributed by atoms with van der Waals surface area (Å²) in [5.74, 6) is -0.583. The van der Waals surface area contributed by atoms with Crippen LogP contribution in [0.5, 0.6) is 0 Å². The summed E-state index contributed by atoms with van der Waals surface area (Å²) in [5.41, 5.74) is 0.233. The number of amides is 1. The highest BCUT2D eigenvalue weighted by Gasteiger charge is 2.28. The molecule has 5 N–H and O–H groups in total. The van der Waals surface area contributed by atoms with Crippen LogP contribution in [0.15, 0.2) is 12.2 Å². The number of carbonyl (C=O) groups is 2. The molecule has 4 unspecified atom stereocenters. The van der Waals surface area contributed by atoms with E-state index in [-0.39, 0.29) is 18.7 Å². The molecule has 0 fully saturated rings. The fourth-order valence-electron chi connectivity index (χ4n) is 1.24. The molecule has 4 atom stereocenters. The monoisotopic (exact) mass is 321 g/mol. The number of nitrogens with one attached hydrogen (secondary N) is 1. The summed E-state index contributed by atoms with van der Waals surface area (Å²) in [7, 11) is 0. The zero-order valence-corrected chi connectivity index (χ0v) is 12.6. The van der Waals surface area contributed by atoms with Crippen molar-refractivity contribution in [1.29, 1.82) is 0 Å². The molecule has 0 bridgehead atoms. The maximum absolute atomic E-state index is 11.3. The fraction of sp³-hybridized carbons (Fsp3) is 0.692. The standard InChI is InChI=1S/C13H23NO8/c1-7(2)12(19)21-5-4-14-13(20)22-6-9(16)11(18)10(17)8(3)15/h8-11,15-18H,1,4-6H2,2-3H3,(H,14,20). The van der Waals surface area contributed by atoms with E-state index in [9.17, 15) is 24.9 Å². The van der Waals surface area contributed by atoms with Crippen molar-refractivity contribution in [2.45, 2.75) is 38.3 Å². The Hall–Kier alpha value is -1.68. The smallest absolute Gasteiger partial charge is 0.407 e. The van der Waals surface area contributed by atoms with Crippen LogP contribution in [0.2, 0.25) is 0 Å². The second-order valence-corrected chi connectivity index (χ2v) is 4.73. The number of carbonyl (C=O) groups excluding carboxylic acids is 2. The largest absolute Gasteiger partial charge is 0.460 e. The average molecular weight is 321 g/mol. The quantitative estimate of drug-likeness (QED) is 0.192. The minimum Gasteiger partial charge on any atom is -0.460 e. The Morgan fingerprint density at radius 1 is 1.14 bits per heavy atom. The number of alkyl carbamates (subject to hydrolysis) is 1. The van der Waals surface area contributed by atoms with Gasteiger partial charge in [0.1, 0.15) is 31.5 Å². The minimum absolute atomic E-state index is 0.00714. The van der Waals surface area contributed by atoms with Gasteiger partial charge in [0, 0.05) is 5.57 Å². The molecule has 0 aliphatic rings. The molecule has 22 heavy (non-hydrogen) atoms. The zero-order valence-electron chi connectivity index (χ0n) is 12.6. The lowest BCUT2D eigenvalue weighted by Gasteiger charge is -2.24. The molecule has 0 spiro atoms. The summed E-state index contributed by atoms with van der Waals surface area (Å²) in [6.07, 6.45) is -6.94. The van der Waals surface area contributed by atoms with Gasteiger partial charge in [-0.2, -0.15) is 0 Å². The van der Waals surface area contributed by atoms with Gasteiger partial charge in [-0.3, -0.25) is 0 Å². The highest BCUT2D eigenvalue weighted by Crippen LogP contribution is 2.05. The average Bonchev–Trinajstić information content (AvgIpc) is 2.46. The molecule has 9 heteroatoms. The fourth-order valence-corrected chi connectivity index (χ4v) is 1.24. The molecular formula is C13H23NO8. The topological polar surface area (TPSA) is 146 Å². The van der Waals surface area contributed by atoms with E-state index < -0.39 is 43.1 Å². The van der Waals surface area contributed by atoms with Crippen LogP contribution in [0.25, 0.3) is 0 Å². The van der Waals surface area contributed by atoms with Crippen LogP contribution >= 0.6 is 0 Å². The van der Waals surface area contributed by atoms with Gasteiger partial charge in [0.25, 0.3) is 0 Å². The van der Waals surface area contributed by atoms with E-state index in [1.165, 1.54) is 13.8 Å². The summed E-state index contributed by atoms with van der Waals surface area (Å²) in [6.45, 7) is 5.44. The molecule has 0 saturated carbocycles. The van der Waals surface area contributed by atoms with Gasteiger partial charge in [0.2, 0.25) is 0 Å². The third-order valence-corrected chi connectivity index (χ3v) is 2.58. The third-order valence-electron chi connectivity index (χ3n) is 2.58. The van der Waals surface area contributed by atoms with Crippen molar-refractivity contribution in [3.05, 3.63) is 12.2 Å². The lowest BCUT2D eigenvalue weighted by atomic mass is 10.0. The van der Waals surface area contributed by atoms with E-state index in [2.05, 4.69) is 16.6 Å². The van der Waals surface area contributed by atoms with Gasteiger partial charge < -0.3 is 35.2 Å². The lowest BCUT2D eigenvalue weighted by Crippen LogP contribution is -2.46. The van der Waals surface area contributed by atoms with Crippen molar-refractivity contribution >= 4 is 12.1 Å². The maximum atomic E-state index is 11.3. The van der Waals surface area contributed by atoms with Crippen molar-refractivity contribution in [2.24, 2.45) is 0 Å². The Kier molecular flexibility index (Phi) is 9.34. The second-order valence-electron chi connectivity index (χ2n) is 4.73.